The predicted molar refractivity (Wildman–Crippen MR) is 50.1 cm³/mol. The molecule has 1 amide bonds. The highest BCUT2D eigenvalue weighted by atomic mass is 16.3. The number of carbonyl (C=O) groups excluding carboxylic acids is 1. The second kappa shape index (κ2) is 4.12. The maximum atomic E-state index is 10.8. The first-order chi connectivity index (χ1) is 6.11. The molecule has 0 bridgehead atoms. The SMILES string of the molecule is CC(C)C(CC(N)=O)c1ccco1. The van der Waals surface area contributed by atoms with Gasteiger partial charge in [0.1, 0.15) is 5.76 Å². The van der Waals surface area contributed by atoms with Crippen LogP contribution >= 0.6 is 0 Å². The number of carbonyl (C=O) groups is 1. The fraction of sp³-hybridized carbons (Fsp3) is 0.500. The van der Waals surface area contributed by atoms with Crippen LogP contribution < -0.4 is 5.73 Å². The van der Waals surface area contributed by atoms with Gasteiger partial charge < -0.3 is 10.2 Å². The average molecular weight is 181 g/mol. The summed E-state index contributed by atoms with van der Waals surface area (Å²) >= 11 is 0. The number of hydrogen-bond acceptors (Lipinski definition) is 2. The van der Waals surface area contributed by atoms with Crippen LogP contribution in [-0.4, -0.2) is 5.91 Å². The normalized spacial score (nSPS) is 13.2. The number of nitrogens with two attached hydrogens (primary N) is 1. The van der Waals surface area contributed by atoms with Gasteiger partial charge in [0.2, 0.25) is 5.91 Å². The Labute approximate surface area is 77.9 Å². The molecule has 1 aromatic rings. The lowest BCUT2D eigenvalue weighted by Crippen LogP contribution is -2.18. The first-order valence-electron chi connectivity index (χ1n) is 4.43. The van der Waals surface area contributed by atoms with Crippen LogP contribution in [0.1, 0.15) is 31.9 Å². The molecule has 0 saturated heterocycles. The third-order valence-electron chi connectivity index (χ3n) is 2.13. The Morgan fingerprint density at radius 3 is 2.69 bits per heavy atom. The monoisotopic (exact) mass is 181 g/mol. The molecule has 0 aliphatic carbocycles. The van der Waals surface area contributed by atoms with Crippen LogP contribution in [0.15, 0.2) is 22.8 Å². The van der Waals surface area contributed by atoms with Crippen molar-refractivity contribution >= 4 is 5.91 Å². The van der Waals surface area contributed by atoms with E-state index in [0.29, 0.717) is 12.3 Å². The van der Waals surface area contributed by atoms with E-state index in [4.69, 9.17) is 10.2 Å². The summed E-state index contributed by atoms with van der Waals surface area (Å²) < 4.78 is 5.25. The molecule has 72 valence electrons. The molecule has 0 aliphatic rings. The Kier molecular flexibility index (Phi) is 3.12. The molecule has 1 aromatic heterocycles. The third-order valence-corrected chi connectivity index (χ3v) is 2.13. The first-order valence-corrected chi connectivity index (χ1v) is 4.43. The van der Waals surface area contributed by atoms with Crippen molar-refractivity contribution in [2.24, 2.45) is 11.7 Å². The predicted octanol–water partition coefficient (Wildman–Crippen LogP) is 1.89. The van der Waals surface area contributed by atoms with Crippen molar-refractivity contribution in [1.82, 2.24) is 0 Å². The Balaban J connectivity index is 2.74. The first kappa shape index (κ1) is 9.84. The highest BCUT2D eigenvalue weighted by molar-refractivity contribution is 5.74. The number of amides is 1. The minimum absolute atomic E-state index is 0.104. The minimum Gasteiger partial charge on any atom is -0.469 e. The summed E-state index contributed by atoms with van der Waals surface area (Å²) in [6, 6.07) is 3.71. The van der Waals surface area contributed by atoms with Crippen LogP contribution in [0.2, 0.25) is 0 Å². The molecular weight excluding hydrogens is 166 g/mol. The molecule has 1 unspecified atom stereocenters. The summed E-state index contributed by atoms with van der Waals surface area (Å²) in [5, 5.41) is 0. The molecular formula is C10H15NO2. The zero-order valence-corrected chi connectivity index (χ0v) is 7.99. The van der Waals surface area contributed by atoms with Gasteiger partial charge in [-0.15, -0.1) is 0 Å². The van der Waals surface area contributed by atoms with Gasteiger partial charge in [-0.05, 0) is 18.1 Å². The Morgan fingerprint density at radius 1 is 1.62 bits per heavy atom. The largest absolute Gasteiger partial charge is 0.469 e. The molecule has 0 radical (unpaired) electrons. The highest BCUT2D eigenvalue weighted by Gasteiger charge is 2.20. The Morgan fingerprint density at radius 2 is 2.31 bits per heavy atom. The summed E-state index contributed by atoms with van der Waals surface area (Å²) in [7, 11) is 0. The van der Waals surface area contributed by atoms with Crippen molar-refractivity contribution in [3.8, 4) is 0 Å². The van der Waals surface area contributed by atoms with Gasteiger partial charge in [-0.25, -0.2) is 0 Å². The number of primary amides is 1. The zero-order chi connectivity index (χ0) is 9.84. The van der Waals surface area contributed by atoms with E-state index in [1.807, 2.05) is 12.1 Å². The van der Waals surface area contributed by atoms with Gasteiger partial charge in [0.15, 0.2) is 0 Å². The van der Waals surface area contributed by atoms with Gasteiger partial charge in [-0.1, -0.05) is 13.8 Å². The molecule has 0 spiro atoms. The van der Waals surface area contributed by atoms with Crippen molar-refractivity contribution in [3.63, 3.8) is 0 Å². The summed E-state index contributed by atoms with van der Waals surface area (Å²) in [6.07, 6.45) is 1.97. The molecule has 2 N–H and O–H groups in total. The van der Waals surface area contributed by atoms with Crippen molar-refractivity contribution in [2.45, 2.75) is 26.2 Å². The lowest BCUT2D eigenvalue weighted by molar-refractivity contribution is -0.118. The molecule has 0 saturated carbocycles. The van der Waals surface area contributed by atoms with E-state index < -0.39 is 0 Å². The molecule has 1 atom stereocenters. The van der Waals surface area contributed by atoms with Crippen molar-refractivity contribution < 1.29 is 9.21 Å². The van der Waals surface area contributed by atoms with Crippen molar-refractivity contribution in [2.75, 3.05) is 0 Å². The molecule has 0 fully saturated rings. The maximum absolute atomic E-state index is 10.8. The Bertz CT molecular complexity index is 264. The molecule has 0 aromatic carbocycles. The van der Waals surface area contributed by atoms with E-state index in [1.54, 1.807) is 6.26 Å². The molecule has 1 heterocycles. The van der Waals surface area contributed by atoms with Crippen LogP contribution in [0.3, 0.4) is 0 Å². The third kappa shape index (κ3) is 2.61. The average Bonchev–Trinajstić information content (AvgIpc) is 2.50. The quantitative estimate of drug-likeness (QED) is 0.771. The lowest BCUT2D eigenvalue weighted by atomic mass is 9.90. The van der Waals surface area contributed by atoms with Crippen molar-refractivity contribution in [3.05, 3.63) is 24.2 Å². The lowest BCUT2D eigenvalue weighted by Gasteiger charge is -2.16. The van der Waals surface area contributed by atoms with Gasteiger partial charge in [0.25, 0.3) is 0 Å². The molecule has 1 rings (SSSR count). The zero-order valence-electron chi connectivity index (χ0n) is 7.99. The number of furan rings is 1. The number of hydrogen-bond donors (Lipinski definition) is 1. The summed E-state index contributed by atoms with van der Waals surface area (Å²) in [5.41, 5.74) is 5.16. The van der Waals surface area contributed by atoms with Gasteiger partial charge in [-0.3, -0.25) is 4.79 Å². The van der Waals surface area contributed by atoms with Crippen LogP contribution in [-0.2, 0) is 4.79 Å². The van der Waals surface area contributed by atoms with Crippen molar-refractivity contribution in [1.29, 1.82) is 0 Å². The van der Waals surface area contributed by atoms with E-state index in [0.717, 1.165) is 5.76 Å². The fourth-order valence-electron chi connectivity index (χ4n) is 1.38. The second-order valence-corrected chi connectivity index (χ2v) is 3.54. The van der Waals surface area contributed by atoms with Gasteiger partial charge in [0, 0.05) is 12.3 Å². The molecule has 0 aliphatic heterocycles. The smallest absolute Gasteiger partial charge is 0.218 e. The maximum Gasteiger partial charge on any atom is 0.218 e. The van der Waals surface area contributed by atoms with E-state index >= 15 is 0 Å². The van der Waals surface area contributed by atoms with Crippen LogP contribution in [0.4, 0.5) is 0 Å². The van der Waals surface area contributed by atoms with Crippen LogP contribution in [0, 0.1) is 5.92 Å². The van der Waals surface area contributed by atoms with E-state index in [9.17, 15) is 4.79 Å². The molecule has 3 heteroatoms. The van der Waals surface area contributed by atoms with Gasteiger partial charge >= 0.3 is 0 Å². The van der Waals surface area contributed by atoms with E-state index in [1.165, 1.54) is 0 Å². The van der Waals surface area contributed by atoms with Crippen LogP contribution in [0.25, 0.3) is 0 Å². The molecule has 3 nitrogen and oxygen atoms in total. The Hall–Kier alpha value is -1.25. The summed E-state index contributed by atoms with van der Waals surface area (Å²) in [4.78, 5) is 10.8. The highest BCUT2D eigenvalue weighted by Crippen LogP contribution is 2.27. The van der Waals surface area contributed by atoms with Gasteiger partial charge in [-0.2, -0.15) is 0 Å². The standard InChI is InChI=1S/C10H15NO2/c1-7(2)8(6-10(11)12)9-4-3-5-13-9/h3-5,7-8H,6H2,1-2H3,(H2,11,12). The van der Waals surface area contributed by atoms with Crippen LogP contribution in [0.5, 0.6) is 0 Å². The summed E-state index contributed by atoms with van der Waals surface area (Å²) in [6.45, 7) is 4.10. The minimum atomic E-state index is -0.282. The van der Waals surface area contributed by atoms with E-state index in [2.05, 4.69) is 13.8 Å². The topological polar surface area (TPSA) is 56.2 Å². The van der Waals surface area contributed by atoms with E-state index in [-0.39, 0.29) is 11.8 Å². The summed E-state index contributed by atoms with van der Waals surface area (Å²) in [5.74, 6) is 1.02. The second-order valence-electron chi connectivity index (χ2n) is 3.54. The fourth-order valence-corrected chi connectivity index (χ4v) is 1.38. The van der Waals surface area contributed by atoms with Gasteiger partial charge in [0.05, 0.1) is 6.26 Å². The number of rotatable bonds is 4. The molecule has 13 heavy (non-hydrogen) atoms.